The van der Waals surface area contributed by atoms with E-state index in [1.807, 2.05) is 0 Å². The summed E-state index contributed by atoms with van der Waals surface area (Å²) in [6.07, 6.45) is 0.904. The number of benzene rings is 1. The number of nitrogens with one attached hydrogen (secondary N) is 1. The van der Waals surface area contributed by atoms with Gasteiger partial charge in [0.25, 0.3) is 5.69 Å². The van der Waals surface area contributed by atoms with Crippen molar-refractivity contribution >= 4 is 17.3 Å². The zero-order valence-electron chi connectivity index (χ0n) is 10.6. The molecule has 0 heterocycles. The molecular weight excluding hydrogens is 250 g/mol. The minimum atomic E-state index is -0.705. The van der Waals surface area contributed by atoms with Gasteiger partial charge < -0.3 is 16.2 Å². The van der Waals surface area contributed by atoms with Gasteiger partial charge in [-0.2, -0.15) is 0 Å². The van der Waals surface area contributed by atoms with Crippen LogP contribution in [0.3, 0.4) is 0 Å². The summed E-state index contributed by atoms with van der Waals surface area (Å²) in [5, 5.41) is 22.9. The van der Waals surface area contributed by atoms with E-state index in [1.54, 1.807) is 6.92 Å². The Balaban J connectivity index is 2.77. The number of hydrogen-bond acceptors (Lipinski definition) is 5. The molecule has 0 radical (unpaired) electrons. The summed E-state index contributed by atoms with van der Waals surface area (Å²) in [5.74, 6) is -0.705. The highest BCUT2D eigenvalue weighted by Crippen LogP contribution is 2.25. The van der Waals surface area contributed by atoms with Gasteiger partial charge in [-0.1, -0.05) is 0 Å². The monoisotopic (exact) mass is 267 g/mol. The lowest BCUT2D eigenvalue weighted by molar-refractivity contribution is -0.384. The molecule has 4 N–H and O–H groups in total. The largest absolute Gasteiger partial charge is 0.393 e. The van der Waals surface area contributed by atoms with Crippen LogP contribution in [0.5, 0.6) is 0 Å². The average molecular weight is 267 g/mol. The lowest BCUT2D eigenvalue weighted by Crippen LogP contribution is -2.12. The van der Waals surface area contributed by atoms with Crippen molar-refractivity contribution in [2.24, 2.45) is 5.73 Å². The van der Waals surface area contributed by atoms with E-state index in [4.69, 9.17) is 10.8 Å². The molecule has 0 saturated carbocycles. The Morgan fingerprint density at radius 1 is 1.58 bits per heavy atom. The molecule has 0 saturated heterocycles. The van der Waals surface area contributed by atoms with Crippen LogP contribution in [-0.2, 0) is 0 Å². The number of aliphatic hydroxyl groups excluding tert-OH is 1. The third kappa shape index (κ3) is 4.55. The molecule has 1 aromatic rings. The number of nitro benzene ring substituents is 1. The van der Waals surface area contributed by atoms with Gasteiger partial charge in [0, 0.05) is 18.2 Å². The normalized spacial score (nSPS) is 11.9. The summed E-state index contributed by atoms with van der Waals surface area (Å²) >= 11 is 0. The van der Waals surface area contributed by atoms with E-state index in [0.29, 0.717) is 25.1 Å². The van der Waals surface area contributed by atoms with Crippen molar-refractivity contribution in [2.45, 2.75) is 25.9 Å². The predicted octanol–water partition coefficient (Wildman–Crippen LogP) is 1.27. The summed E-state index contributed by atoms with van der Waals surface area (Å²) < 4.78 is 0. The Bertz CT molecular complexity index is 474. The Morgan fingerprint density at radius 2 is 2.26 bits per heavy atom. The fraction of sp³-hybridized carbons (Fsp3) is 0.417. The SMILES string of the molecule is CC(O)CCCNc1ccc(C(N)=O)cc1[N+](=O)[O-]. The second-order valence-electron chi connectivity index (χ2n) is 4.27. The summed E-state index contributed by atoms with van der Waals surface area (Å²) in [6, 6.07) is 4.05. The molecule has 1 amide bonds. The van der Waals surface area contributed by atoms with Crippen LogP contribution in [-0.4, -0.2) is 28.6 Å². The van der Waals surface area contributed by atoms with E-state index in [9.17, 15) is 14.9 Å². The maximum atomic E-state index is 11.0. The molecule has 0 aromatic heterocycles. The summed E-state index contributed by atoms with van der Waals surface area (Å²) in [5.41, 5.74) is 5.32. The third-order valence-corrected chi connectivity index (χ3v) is 2.59. The van der Waals surface area contributed by atoms with E-state index in [-0.39, 0.29) is 11.3 Å². The predicted molar refractivity (Wildman–Crippen MR) is 71.0 cm³/mol. The highest BCUT2D eigenvalue weighted by atomic mass is 16.6. The number of primary amides is 1. The van der Waals surface area contributed by atoms with Gasteiger partial charge in [-0.15, -0.1) is 0 Å². The second kappa shape index (κ2) is 6.69. The molecule has 0 aliphatic rings. The first-order valence-electron chi connectivity index (χ1n) is 5.92. The van der Waals surface area contributed by atoms with Gasteiger partial charge in [0.05, 0.1) is 11.0 Å². The van der Waals surface area contributed by atoms with E-state index in [1.165, 1.54) is 12.1 Å². The maximum absolute atomic E-state index is 11.0. The first-order valence-corrected chi connectivity index (χ1v) is 5.92. The van der Waals surface area contributed by atoms with Crippen molar-refractivity contribution in [3.63, 3.8) is 0 Å². The summed E-state index contributed by atoms with van der Waals surface area (Å²) in [4.78, 5) is 21.3. The van der Waals surface area contributed by atoms with E-state index < -0.39 is 16.9 Å². The van der Waals surface area contributed by atoms with Crippen LogP contribution < -0.4 is 11.1 Å². The van der Waals surface area contributed by atoms with Gasteiger partial charge in [0.1, 0.15) is 5.69 Å². The molecule has 0 aliphatic heterocycles. The topological polar surface area (TPSA) is 118 Å². The van der Waals surface area contributed by atoms with Gasteiger partial charge in [-0.25, -0.2) is 0 Å². The molecule has 0 bridgehead atoms. The number of hydrogen-bond donors (Lipinski definition) is 3. The van der Waals surface area contributed by atoms with Crippen molar-refractivity contribution in [1.29, 1.82) is 0 Å². The quantitative estimate of drug-likeness (QED) is 0.390. The standard InChI is InChI=1S/C12H17N3O4/c1-8(16)3-2-6-14-10-5-4-9(12(13)17)7-11(10)15(18)19/h4-5,7-8,14,16H,2-3,6H2,1H3,(H2,13,17). The fourth-order valence-corrected chi connectivity index (χ4v) is 1.61. The average Bonchev–Trinajstić information content (AvgIpc) is 2.34. The third-order valence-electron chi connectivity index (χ3n) is 2.59. The number of carbonyl (C=O) groups excluding carboxylic acids is 1. The van der Waals surface area contributed by atoms with Crippen molar-refractivity contribution < 1.29 is 14.8 Å². The van der Waals surface area contributed by atoms with Crippen LogP contribution in [0.15, 0.2) is 18.2 Å². The Kier molecular flexibility index (Phi) is 5.25. The van der Waals surface area contributed by atoms with Crippen molar-refractivity contribution in [2.75, 3.05) is 11.9 Å². The van der Waals surface area contributed by atoms with Crippen LogP contribution >= 0.6 is 0 Å². The first kappa shape index (κ1) is 14.9. The number of aliphatic hydroxyl groups is 1. The number of amides is 1. The van der Waals surface area contributed by atoms with Crippen molar-refractivity contribution in [3.05, 3.63) is 33.9 Å². The molecule has 19 heavy (non-hydrogen) atoms. The molecule has 7 heteroatoms. The van der Waals surface area contributed by atoms with E-state index in [2.05, 4.69) is 5.32 Å². The lowest BCUT2D eigenvalue weighted by atomic mass is 10.1. The number of nitrogens with zero attached hydrogens (tertiary/aromatic N) is 1. The summed E-state index contributed by atoms with van der Waals surface area (Å²) in [7, 11) is 0. The molecule has 1 aromatic carbocycles. The highest BCUT2D eigenvalue weighted by Gasteiger charge is 2.16. The highest BCUT2D eigenvalue weighted by molar-refractivity contribution is 5.94. The second-order valence-corrected chi connectivity index (χ2v) is 4.27. The molecule has 0 fully saturated rings. The summed E-state index contributed by atoms with van der Waals surface area (Å²) in [6.45, 7) is 2.19. The smallest absolute Gasteiger partial charge is 0.293 e. The van der Waals surface area contributed by atoms with Gasteiger partial charge >= 0.3 is 0 Å². The van der Waals surface area contributed by atoms with Crippen LogP contribution in [0, 0.1) is 10.1 Å². The number of carbonyl (C=O) groups is 1. The van der Waals surface area contributed by atoms with Crippen molar-refractivity contribution in [1.82, 2.24) is 0 Å². The van der Waals surface area contributed by atoms with Gasteiger partial charge in [-0.05, 0) is 31.9 Å². The maximum Gasteiger partial charge on any atom is 0.293 e. The van der Waals surface area contributed by atoms with E-state index in [0.717, 1.165) is 6.07 Å². The molecule has 0 spiro atoms. The van der Waals surface area contributed by atoms with Crippen LogP contribution in [0.4, 0.5) is 11.4 Å². The Morgan fingerprint density at radius 3 is 2.79 bits per heavy atom. The van der Waals surface area contributed by atoms with Gasteiger partial charge in [-0.3, -0.25) is 14.9 Å². The first-order chi connectivity index (χ1) is 8.91. The molecule has 1 unspecified atom stereocenters. The van der Waals surface area contributed by atoms with E-state index >= 15 is 0 Å². The van der Waals surface area contributed by atoms with Crippen LogP contribution in [0.25, 0.3) is 0 Å². The molecule has 1 atom stereocenters. The van der Waals surface area contributed by atoms with Crippen molar-refractivity contribution in [3.8, 4) is 0 Å². The number of nitrogens with two attached hydrogens (primary N) is 1. The minimum absolute atomic E-state index is 0.0984. The molecule has 104 valence electrons. The minimum Gasteiger partial charge on any atom is -0.393 e. The molecule has 7 nitrogen and oxygen atoms in total. The fourth-order valence-electron chi connectivity index (χ4n) is 1.61. The van der Waals surface area contributed by atoms with Gasteiger partial charge in [0.15, 0.2) is 0 Å². The lowest BCUT2D eigenvalue weighted by Gasteiger charge is -2.08. The van der Waals surface area contributed by atoms with Crippen LogP contribution in [0.2, 0.25) is 0 Å². The zero-order chi connectivity index (χ0) is 14.4. The Hall–Kier alpha value is -2.15. The Labute approximate surface area is 110 Å². The molecule has 1 rings (SSSR count). The molecular formula is C12H17N3O4. The molecule has 0 aliphatic carbocycles. The number of rotatable bonds is 7. The van der Waals surface area contributed by atoms with Crippen LogP contribution in [0.1, 0.15) is 30.1 Å². The zero-order valence-corrected chi connectivity index (χ0v) is 10.6. The number of nitro groups is 1. The number of anilines is 1. The van der Waals surface area contributed by atoms with Gasteiger partial charge in [0.2, 0.25) is 5.91 Å².